The molecule has 1 spiro atoms. The molecular weight excluding hydrogens is 381 g/mol. The van der Waals surface area contributed by atoms with E-state index in [1.165, 1.54) is 11.6 Å². The predicted octanol–water partition coefficient (Wildman–Crippen LogP) is 3.83. The Bertz CT molecular complexity index is 1100. The summed E-state index contributed by atoms with van der Waals surface area (Å²) in [6.45, 7) is 1.82. The lowest BCUT2D eigenvalue weighted by Gasteiger charge is -2.49. The maximum Gasteiger partial charge on any atom is 0.270 e. The SMILES string of the molecule is O=C1CC2(CCN(C(=O)c3cc4cccc(F)c4[nH]3)CC2)C(c2ccccc2)CN1. The number of H-pyrrole nitrogens is 1. The van der Waals surface area contributed by atoms with Gasteiger partial charge >= 0.3 is 0 Å². The first-order valence-electron chi connectivity index (χ1n) is 10.4. The van der Waals surface area contributed by atoms with E-state index in [9.17, 15) is 14.0 Å². The van der Waals surface area contributed by atoms with Crippen LogP contribution in [0, 0.1) is 11.2 Å². The number of nitrogens with one attached hydrogen (secondary N) is 2. The molecule has 3 heterocycles. The summed E-state index contributed by atoms with van der Waals surface area (Å²) in [5.74, 6) is -0.135. The molecule has 2 aliphatic heterocycles. The lowest BCUT2D eigenvalue weighted by molar-refractivity contribution is -0.127. The van der Waals surface area contributed by atoms with Crippen LogP contribution in [-0.2, 0) is 4.79 Å². The van der Waals surface area contributed by atoms with Gasteiger partial charge in [0.15, 0.2) is 0 Å². The van der Waals surface area contributed by atoms with Gasteiger partial charge in [-0.3, -0.25) is 9.59 Å². The summed E-state index contributed by atoms with van der Waals surface area (Å²) in [6, 6.07) is 16.9. The summed E-state index contributed by atoms with van der Waals surface area (Å²) in [6.07, 6.45) is 2.05. The van der Waals surface area contributed by atoms with Crippen LogP contribution in [0.1, 0.15) is 41.2 Å². The topological polar surface area (TPSA) is 65.2 Å². The van der Waals surface area contributed by atoms with E-state index in [-0.39, 0.29) is 29.0 Å². The Balaban J connectivity index is 1.36. The molecule has 3 aromatic rings. The zero-order valence-corrected chi connectivity index (χ0v) is 16.7. The fourth-order valence-electron chi connectivity index (χ4n) is 5.18. The fraction of sp³-hybridized carbons (Fsp3) is 0.333. The minimum Gasteiger partial charge on any atom is -0.355 e. The molecule has 2 aromatic carbocycles. The van der Waals surface area contributed by atoms with Crippen LogP contribution in [0.25, 0.3) is 10.9 Å². The van der Waals surface area contributed by atoms with E-state index in [0.29, 0.717) is 42.7 Å². The van der Waals surface area contributed by atoms with E-state index >= 15 is 0 Å². The summed E-state index contributed by atoms with van der Waals surface area (Å²) in [7, 11) is 0. The average molecular weight is 405 g/mol. The number of hydrogen-bond acceptors (Lipinski definition) is 2. The highest BCUT2D eigenvalue weighted by molar-refractivity contribution is 5.98. The van der Waals surface area contributed by atoms with Crippen molar-refractivity contribution in [1.29, 1.82) is 0 Å². The van der Waals surface area contributed by atoms with Gasteiger partial charge in [-0.25, -0.2) is 4.39 Å². The third-order valence-electron chi connectivity index (χ3n) is 6.84. The number of rotatable bonds is 2. The summed E-state index contributed by atoms with van der Waals surface area (Å²) >= 11 is 0. The van der Waals surface area contributed by atoms with Crippen molar-refractivity contribution in [3.05, 3.63) is 71.7 Å². The highest BCUT2D eigenvalue weighted by atomic mass is 19.1. The summed E-state index contributed by atoms with van der Waals surface area (Å²) in [5, 5.41) is 3.72. The second kappa shape index (κ2) is 7.27. The minimum atomic E-state index is -0.358. The Morgan fingerprint density at radius 1 is 1.07 bits per heavy atom. The maximum atomic E-state index is 14.0. The van der Waals surface area contributed by atoms with E-state index in [2.05, 4.69) is 22.4 Å². The normalized spacial score (nSPS) is 21.0. The van der Waals surface area contributed by atoms with Crippen LogP contribution in [0.3, 0.4) is 0 Å². The number of para-hydroxylation sites is 1. The average Bonchev–Trinajstić information content (AvgIpc) is 3.20. The zero-order chi connectivity index (χ0) is 20.7. The van der Waals surface area contributed by atoms with E-state index < -0.39 is 0 Å². The molecule has 30 heavy (non-hydrogen) atoms. The van der Waals surface area contributed by atoms with Crippen molar-refractivity contribution in [2.24, 2.45) is 5.41 Å². The summed E-state index contributed by atoms with van der Waals surface area (Å²) < 4.78 is 14.0. The van der Waals surface area contributed by atoms with Crippen LogP contribution in [-0.4, -0.2) is 41.3 Å². The first-order valence-corrected chi connectivity index (χ1v) is 10.4. The number of fused-ring (bicyclic) bond motifs is 1. The van der Waals surface area contributed by atoms with Crippen molar-refractivity contribution < 1.29 is 14.0 Å². The number of piperidine rings is 2. The lowest BCUT2D eigenvalue weighted by atomic mass is 9.62. The molecule has 0 bridgehead atoms. The zero-order valence-electron chi connectivity index (χ0n) is 16.7. The molecule has 0 radical (unpaired) electrons. The predicted molar refractivity (Wildman–Crippen MR) is 113 cm³/mol. The molecule has 2 amide bonds. The van der Waals surface area contributed by atoms with Gasteiger partial charge in [-0.05, 0) is 36.0 Å². The molecule has 6 heteroatoms. The molecule has 2 fully saturated rings. The molecule has 2 saturated heterocycles. The van der Waals surface area contributed by atoms with Crippen LogP contribution in [0.4, 0.5) is 4.39 Å². The Morgan fingerprint density at radius 3 is 2.57 bits per heavy atom. The number of aromatic amines is 1. The van der Waals surface area contributed by atoms with Gasteiger partial charge in [0.1, 0.15) is 11.5 Å². The molecule has 154 valence electrons. The molecule has 0 saturated carbocycles. The van der Waals surface area contributed by atoms with Crippen molar-refractivity contribution in [3.8, 4) is 0 Å². The number of nitrogens with zero attached hydrogens (tertiary/aromatic N) is 1. The van der Waals surface area contributed by atoms with Crippen LogP contribution in [0.2, 0.25) is 0 Å². The monoisotopic (exact) mass is 405 g/mol. The minimum absolute atomic E-state index is 0.0908. The standard InChI is InChI=1S/C24H24FN3O2/c25-19-8-4-7-17-13-20(27-22(17)19)23(30)28-11-9-24(10-12-28)14-21(29)26-15-18(24)16-5-2-1-3-6-16/h1-8,13,18,27H,9-12,14-15H2,(H,26,29). The molecule has 2 aliphatic rings. The molecule has 1 unspecified atom stereocenters. The third kappa shape index (κ3) is 3.16. The highest BCUT2D eigenvalue weighted by Gasteiger charge is 2.46. The van der Waals surface area contributed by atoms with Crippen molar-refractivity contribution in [2.45, 2.75) is 25.2 Å². The van der Waals surface area contributed by atoms with Gasteiger partial charge in [0.2, 0.25) is 5.91 Å². The Morgan fingerprint density at radius 2 is 1.83 bits per heavy atom. The van der Waals surface area contributed by atoms with Gasteiger partial charge in [0.05, 0.1) is 5.52 Å². The number of benzene rings is 2. The van der Waals surface area contributed by atoms with Gasteiger partial charge in [-0.1, -0.05) is 42.5 Å². The third-order valence-corrected chi connectivity index (χ3v) is 6.84. The molecule has 1 atom stereocenters. The lowest BCUT2D eigenvalue weighted by Crippen LogP contribution is -2.52. The van der Waals surface area contributed by atoms with E-state index in [1.807, 2.05) is 23.1 Å². The van der Waals surface area contributed by atoms with E-state index in [4.69, 9.17) is 0 Å². The number of hydrogen-bond donors (Lipinski definition) is 2. The number of likely N-dealkylation sites (tertiary alicyclic amines) is 1. The second-order valence-electron chi connectivity index (χ2n) is 8.49. The van der Waals surface area contributed by atoms with E-state index in [1.54, 1.807) is 18.2 Å². The molecule has 2 N–H and O–H groups in total. The fourth-order valence-corrected chi connectivity index (χ4v) is 5.18. The molecule has 5 rings (SSSR count). The Kier molecular flexibility index (Phi) is 4.57. The number of amides is 2. The van der Waals surface area contributed by atoms with Gasteiger partial charge < -0.3 is 15.2 Å². The van der Waals surface area contributed by atoms with Gasteiger partial charge in [-0.2, -0.15) is 0 Å². The van der Waals surface area contributed by atoms with Gasteiger partial charge in [0, 0.05) is 37.4 Å². The number of carbonyl (C=O) groups is 2. The largest absolute Gasteiger partial charge is 0.355 e. The smallest absolute Gasteiger partial charge is 0.270 e. The van der Waals surface area contributed by atoms with Crippen LogP contribution >= 0.6 is 0 Å². The molecular formula is C24H24FN3O2. The van der Waals surface area contributed by atoms with Gasteiger partial charge in [0.25, 0.3) is 5.91 Å². The quantitative estimate of drug-likeness (QED) is 0.681. The first kappa shape index (κ1) is 18.9. The van der Waals surface area contributed by atoms with Crippen LogP contribution in [0.5, 0.6) is 0 Å². The number of aromatic nitrogens is 1. The molecule has 0 aliphatic carbocycles. The van der Waals surface area contributed by atoms with Crippen molar-refractivity contribution in [1.82, 2.24) is 15.2 Å². The van der Waals surface area contributed by atoms with Crippen molar-refractivity contribution in [3.63, 3.8) is 0 Å². The molecule has 1 aromatic heterocycles. The van der Waals surface area contributed by atoms with Crippen LogP contribution in [0.15, 0.2) is 54.6 Å². The van der Waals surface area contributed by atoms with E-state index in [0.717, 1.165) is 12.8 Å². The molecule has 5 nitrogen and oxygen atoms in total. The maximum absolute atomic E-state index is 14.0. The van der Waals surface area contributed by atoms with Gasteiger partial charge in [-0.15, -0.1) is 0 Å². The van der Waals surface area contributed by atoms with Crippen molar-refractivity contribution >= 4 is 22.7 Å². The number of halogens is 1. The summed E-state index contributed by atoms with van der Waals surface area (Å²) in [5.41, 5.74) is 1.88. The first-order chi connectivity index (χ1) is 14.6. The Hall–Kier alpha value is -3.15. The Labute approximate surface area is 174 Å². The van der Waals surface area contributed by atoms with Crippen molar-refractivity contribution in [2.75, 3.05) is 19.6 Å². The number of carbonyl (C=O) groups excluding carboxylic acids is 2. The highest BCUT2D eigenvalue weighted by Crippen LogP contribution is 2.48. The van der Waals surface area contributed by atoms with Crippen LogP contribution < -0.4 is 5.32 Å². The summed E-state index contributed by atoms with van der Waals surface area (Å²) in [4.78, 5) is 30.1. The second-order valence-corrected chi connectivity index (χ2v) is 8.49.